The Morgan fingerprint density at radius 3 is 2.03 bits per heavy atom. The van der Waals surface area contributed by atoms with E-state index in [9.17, 15) is 14.4 Å². The zero-order chi connectivity index (χ0) is 20.9. The molecule has 0 aromatic carbocycles. The SMILES string of the molecule is O=COc1ccnc(-c2cc3cc(OC=O)sc3c(-c3cc(OC=O)ccn3)n2)c1. The van der Waals surface area contributed by atoms with Crippen molar-refractivity contribution in [3.05, 3.63) is 48.8 Å². The maximum atomic E-state index is 10.8. The summed E-state index contributed by atoms with van der Waals surface area (Å²) in [5, 5.41) is 1.12. The smallest absolute Gasteiger partial charge is 0.299 e. The van der Waals surface area contributed by atoms with Gasteiger partial charge in [0.05, 0.1) is 21.8 Å². The van der Waals surface area contributed by atoms with Crippen LogP contribution >= 0.6 is 11.3 Å². The van der Waals surface area contributed by atoms with Crippen LogP contribution in [-0.4, -0.2) is 34.4 Å². The Bertz CT molecular complexity index is 1260. The number of thiophene rings is 1. The van der Waals surface area contributed by atoms with Crippen molar-refractivity contribution in [3.63, 3.8) is 0 Å². The molecule has 4 rings (SSSR count). The molecule has 0 aliphatic heterocycles. The van der Waals surface area contributed by atoms with Crippen molar-refractivity contribution < 1.29 is 28.6 Å². The van der Waals surface area contributed by atoms with E-state index >= 15 is 0 Å². The third kappa shape index (κ3) is 3.84. The van der Waals surface area contributed by atoms with Crippen LogP contribution in [0.4, 0.5) is 0 Å². The molecule has 4 heterocycles. The zero-order valence-electron chi connectivity index (χ0n) is 15.1. The predicted molar refractivity (Wildman–Crippen MR) is 106 cm³/mol. The lowest BCUT2D eigenvalue weighted by molar-refractivity contribution is -0.121. The number of carbonyl (C=O) groups is 3. The zero-order valence-corrected chi connectivity index (χ0v) is 15.9. The first-order valence-electron chi connectivity index (χ1n) is 8.40. The first-order valence-corrected chi connectivity index (χ1v) is 9.22. The molecule has 0 N–H and O–H groups in total. The van der Waals surface area contributed by atoms with Crippen molar-refractivity contribution in [2.45, 2.75) is 0 Å². The van der Waals surface area contributed by atoms with Crippen LogP contribution in [0.2, 0.25) is 0 Å². The number of aromatic nitrogens is 3. The Kier molecular flexibility index (Phi) is 5.39. The topological polar surface area (TPSA) is 118 Å². The highest BCUT2D eigenvalue weighted by molar-refractivity contribution is 7.21. The fourth-order valence-corrected chi connectivity index (χ4v) is 3.74. The molecule has 0 saturated carbocycles. The van der Waals surface area contributed by atoms with E-state index < -0.39 is 0 Å². The second-order valence-corrected chi connectivity index (χ2v) is 6.75. The van der Waals surface area contributed by atoms with E-state index in [4.69, 9.17) is 14.2 Å². The van der Waals surface area contributed by atoms with Crippen LogP contribution in [0.25, 0.3) is 32.9 Å². The minimum absolute atomic E-state index is 0.302. The van der Waals surface area contributed by atoms with E-state index in [0.717, 1.165) is 5.39 Å². The molecule has 0 unspecified atom stereocenters. The van der Waals surface area contributed by atoms with Gasteiger partial charge in [-0.3, -0.25) is 24.4 Å². The minimum Gasteiger partial charge on any atom is -0.429 e. The third-order valence-corrected chi connectivity index (χ3v) is 5.03. The third-order valence-electron chi connectivity index (χ3n) is 3.98. The highest BCUT2D eigenvalue weighted by Gasteiger charge is 2.16. The van der Waals surface area contributed by atoms with Gasteiger partial charge in [0.2, 0.25) is 0 Å². The van der Waals surface area contributed by atoms with Crippen LogP contribution in [0.1, 0.15) is 0 Å². The van der Waals surface area contributed by atoms with Gasteiger partial charge in [-0.15, -0.1) is 0 Å². The van der Waals surface area contributed by atoms with Crippen molar-refractivity contribution in [2.75, 3.05) is 0 Å². The summed E-state index contributed by atoms with van der Waals surface area (Å²) < 4.78 is 15.5. The fraction of sp³-hybridized carbons (Fsp3) is 0. The number of pyridine rings is 3. The number of hydrogen-bond donors (Lipinski definition) is 0. The summed E-state index contributed by atoms with van der Waals surface area (Å²) >= 11 is 1.22. The molecule has 9 nitrogen and oxygen atoms in total. The second-order valence-electron chi connectivity index (χ2n) is 5.74. The molecule has 0 atom stereocenters. The monoisotopic (exact) mass is 421 g/mol. The molecule has 0 fully saturated rings. The molecule has 148 valence electrons. The van der Waals surface area contributed by atoms with Crippen molar-refractivity contribution >= 4 is 40.8 Å². The highest BCUT2D eigenvalue weighted by Crippen LogP contribution is 2.39. The molecule has 0 bridgehead atoms. The summed E-state index contributed by atoms with van der Waals surface area (Å²) in [5.74, 6) is 0.615. The summed E-state index contributed by atoms with van der Waals surface area (Å²) in [6.45, 7) is 0.991. The molecule has 0 radical (unpaired) electrons. The lowest BCUT2D eigenvalue weighted by Gasteiger charge is -2.08. The molecular formula is C20H11N3O6S. The molecule has 10 heteroatoms. The van der Waals surface area contributed by atoms with Gasteiger partial charge in [0.1, 0.15) is 17.2 Å². The maximum Gasteiger partial charge on any atom is 0.299 e. The summed E-state index contributed by atoms with van der Waals surface area (Å²) in [6, 6.07) is 9.68. The summed E-state index contributed by atoms with van der Waals surface area (Å²) in [4.78, 5) is 45.4. The van der Waals surface area contributed by atoms with Crippen LogP contribution in [0, 0.1) is 0 Å². The largest absolute Gasteiger partial charge is 0.429 e. The molecule has 4 aromatic heterocycles. The standard InChI is InChI=1S/C20H11N3O6S/c24-9-27-13-1-3-21-15(7-13)16-5-12-6-18(29-11-26)30-20(12)19(23-16)17-8-14(28-10-25)2-4-22-17/h1-11H. The molecule has 0 aliphatic carbocycles. The van der Waals surface area contributed by atoms with E-state index in [1.54, 1.807) is 30.3 Å². The molecule has 0 aliphatic rings. The number of ether oxygens (including phenoxy) is 3. The number of fused-ring (bicyclic) bond motifs is 1. The quantitative estimate of drug-likeness (QED) is 0.396. The van der Waals surface area contributed by atoms with Gasteiger partial charge in [-0.05, 0) is 18.2 Å². The van der Waals surface area contributed by atoms with Gasteiger partial charge < -0.3 is 14.2 Å². The first kappa shape index (κ1) is 19.2. The summed E-state index contributed by atoms with van der Waals surface area (Å²) in [5.41, 5.74) is 1.86. The Morgan fingerprint density at radius 2 is 1.37 bits per heavy atom. The number of nitrogens with zero attached hydrogens (tertiary/aromatic N) is 3. The van der Waals surface area contributed by atoms with Gasteiger partial charge in [0, 0.05) is 36.0 Å². The van der Waals surface area contributed by atoms with Gasteiger partial charge in [-0.1, -0.05) is 11.3 Å². The van der Waals surface area contributed by atoms with Gasteiger partial charge in [0.15, 0.2) is 5.06 Å². The molecule has 0 spiro atoms. The predicted octanol–water partition coefficient (Wildman–Crippen LogP) is 3.03. The molecular weight excluding hydrogens is 410 g/mol. The second kappa shape index (κ2) is 8.45. The number of carbonyl (C=O) groups excluding carboxylic acids is 3. The Labute approximate surface area is 172 Å². The molecule has 4 aromatic rings. The van der Waals surface area contributed by atoms with Crippen molar-refractivity contribution in [3.8, 4) is 39.3 Å². The minimum atomic E-state index is 0.302. The molecule has 0 amide bonds. The van der Waals surface area contributed by atoms with Crippen molar-refractivity contribution in [1.29, 1.82) is 0 Å². The Balaban J connectivity index is 1.92. The molecule has 0 saturated heterocycles. The summed E-state index contributed by atoms with van der Waals surface area (Å²) in [6.07, 6.45) is 2.98. The number of rotatable bonds is 8. The van der Waals surface area contributed by atoms with Crippen LogP contribution in [0.5, 0.6) is 16.6 Å². The number of hydrogen-bond acceptors (Lipinski definition) is 10. The van der Waals surface area contributed by atoms with E-state index in [1.165, 1.54) is 29.8 Å². The fourth-order valence-electron chi connectivity index (χ4n) is 2.78. The first-order chi connectivity index (χ1) is 14.7. The van der Waals surface area contributed by atoms with Gasteiger partial charge in [0.25, 0.3) is 19.4 Å². The Hall–Kier alpha value is -4.18. The van der Waals surface area contributed by atoms with E-state index in [1.807, 2.05) is 0 Å². The normalized spacial score (nSPS) is 10.4. The Morgan fingerprint density at radius 1 is 0.733 bits per heavy atom. The van der Waals surface area contributed by atoms with Crippen LogP contribution in [0.3, 0.4) is 0 Å². The lowest BCUT2D eigenvalue weighted by atomic mass is 10.1. The molecule has 30 heavy (non-hydrogen) atoms. The van der Waals surface area contributed by atoms with Crippen LogP contribution < -0.4 is 14.2 Å². The van der Waals surface area contributed by atoms with E-state index in [0.29, 0.717) is 63.5 Å². The van der Waals surface area contributed by atoms with E-state index in [-0.39, 0.29) is 0 Å². The maximum absolute atomic E-state index is 10.8. The van der Waals surface area contributed by atoms with Crippen LogP contribution in [0.15, 0.2) is 48.8 Å². The lowest BCUT2D eigenvalue weighted by Crippen LogP contribution is -1.95. The van der Waals surface area contributed by atoms with Crippen molar-refractivity contribution in [2.24, 2.45) is 0 Å². The van der Waals surface area contributed by atoms with E-state index in [2.05, 4.69) is 15.0 Å². The average molecular weight is 421 g/mol. The average Bonchev–Trinajstić information content (AvgIpc) is 3.17. The summed E-state index contributed by atoms with van der Waals surface area (Å²) in [7, 11) is 0. The van der Waals surface area contributed by atoms with Crippen molar-refractivity contribution in [1.82, 2.24) is 15.0 Å². The van der Waals surface area contributed by atoms with Gasteiger partial charge in [-0.2, -0.15) is 0 Å². The van der Waals surface area contributed by atoms with Gasteiger partial charge in [-0.25, -0.2) is 4.98 Å². The van der Waals surface area contributed by atoms with Crippen LogP contribution in [-0.2, 0) is 14.4 Å². The van der Waals surface area contributed by atoms with Gasteiger partial charge >= 0.3 is 0 Å². The highest BCUT2D eigenvalue weighted by atomic mass is 32.1.